The third-order valence-electron chi connectivity index (χ3n) is 3.51. The lowest BCUT2D eigenvalue weighted by Gasteiger charge is -2.25. The highest BCUT2D eigenvalue weighted by molar-refractivity contribution is 7.89. The lowest BCUT2D eigenvalue weighted by atomic mass is 10.1. The van der Waals surface area contributed by atoms with E-state index in [-0.39, 0.29) is 0 Å². The quantitative estimate of drug-likeness (QED) is 0.806. The summed E-state index contributed by atoms with van der Waals surface area (Å²) in [5, 5.41) is 3.03. The molecule has 0 fully saturated rings. The number of sulfonamides is 1. The molecule has 0 saturated heterocycles. The van der Waals surface area contributed by atoms with E-state index in [4.69, 9.17) is 4.74 Å². The van der Waals surface area contributed by atoms with Gasteiger partial charge in [0.15, 0.2) is 0 Å². The van der Waals surface area contributed by atoms with Gasteiger partial charge in [-0.15, -0.1) is 0 Å². The minimum absolute atomic E-state index is 0.360. The molecule has 1 N–H and O–H groups in total. The first-order valence-electron chi connectivity index (χ1n) is 6.98. The van der Waals surface area contributed by atoms with Crippen LogP contribution < -0.4 is 5.32 Å². The third kappa shape index (κ3) is 3.91. The molecule has 0 saturated carbocycles. The summed E-state index contributed by atoms with van der Waals surface area (Å²) in [7, 11) is 0.0702. The van der Waals surface area contributed by atoms with Crippen LogP contribution in [0, 0.1) is 0 Å². The molecule has 0 bridgehead atoms. The fourth-order valence-electron chi connectivity index (χ4n) is 2.40. The van der Waals surface area contributed by atoms with Crippen LogP contribution in [0.2, 0.25) is 0 Å². The SMILES string of the molecule is CNCc1cccc(S(=O)(=O)N2CC=C(COC)CC2)c1. The third-order valence-corrected chi connectivity index (χ3v) is 5.37. The van der Waals surface area contributed by atoms with Gasteiger partial charge in [-0.05, 0) is 36.7 Å². The molecular formula is C15H22N2O3S. The molecule has 0 atom stereocenters. The summed E-state index contributed by atoms with van der Waals surface area (Å²) in [5.41, 5.74) is 2.12. The summed E-state index contributed by atoms with van der Waals surface area (Å²) >= 11 is 0. The summed E-state index contributed by atoms with van der Waals surface area (Å²) in [4.78, 5) is 0.360. The predicted molar refractivity (Wildman–Crippen MR) is 82.5 cm³/mol. The van der Waals surface area contributed by atoms with Crippen molar-refractivity contribution in [2.24, 2.45) is 0 Å². The van der Waals surface area contributed by atoms with Crippen molar-refractivity contribution in [2.45, 2.75) is 17.9 Å². The lowest BCUT2D eigenvalue weighted by molar-refractivity contribution is 0.219. The zero-order valence-corrected chi connectivity index (χ0v) is 13.3. The fraction of sp³-hybridized carbons (Fsp3) is 0.467. The van der Waals surface area contributed by atoms with E-state index < -0.39 is 10.0 Å². The van der Waals surface area contributed by atoms with E-state index in [9.17, 15) is 8.42 Å². The molecule has 2 rings (SSSR count). The maximum absolute atomic E-state index is 12.7. The van der Waals surface area contributed by atoms with Crippen molar-refractivity contribution in [3.05, 3.63) is 41.5 Å². The Morgan fingerprint density at radius 3 is 2.81 bits per heavy atom. The minimum atomic E-state index is -3.42. The molecule has 0 aromatic heterocycles. The Hall–Kier alpha value is -1.21. The van der Waals surface area contributed by atoms with Gasteiger partial charge in [-0.1, -0.05) is 18.2 Å². The molecule has 0 aliphatic carbocycles. The van der Waals surface area contributed by atoms with Gasteiger partial charge in [0.05, 0.1) is 11.5 Å². The van der Waals surface area contributed by atoms with Crippen LogP contribution in [-0.2, 0) is 21.3 Å². The predicted octanol–water partition coefficient (Wildman–Crippen LogP) is 1.37. The Morgan fingerprint density at radius 1 is 1.38 bits per heavy atom. The highest BCUT2D eigenvalue weighted by Gasteiger charge is 2.26. The van der Waals surface area contributed by atoms with Crippen molar-refractivity contribution in [3.63, 3.8) is 0 Å². The summed E-state index contributed by atoms with van der Waals surface area (Å²) in [6, 6.07) is 7.10. The molecule has 6 heteroatoms. The number of methoxy groups -OCH3 is 1. The van der Waals surface area contributed by atoms with Crippen LogP contribution in [0.3, 0.4) is 0 Å². The van der Waals surface area contributed by atoms with Crippen molar-refractivity contribution in [3.8, 4) is 0 Å². The van der Waals surface area contributed by atoms with Crippen molar-refractivity contribution in [2.75, 3.05) is 33.9 Å². The van der Waals surface area contributed by atoms with Crippen molar-refractivity contribution in [1.82, 2.24) is 9.62 Å². The van der Waals surface area contributed by atoms with E-state index in [1.807, 2.05) is 19.2 Å². The Morgan fingerprint density at radius 2 is 2.19 bits per heavy atom. The lowest BCUT2D eigenvalue weighted by Crippen LogP contribution is -2.35. The van der Waals surface area contributed by atoms with Crippen molar-refractivity contribution in [1.29, 1.82) is 0 Å². The van der Waals surface area contributed by atoms with E-state index in [1.165, 1.54) is 4.31 Å². The van der Waals surface area contributed by atoms with Gasteiger partial charge < -0.3 is 10.1 Å². The molecule has 1 aliphatic rings. The number of rotatable bonds is 6. The van der Waals surface area contributed by atoms with E-state index in [1.54, 1.807) is 25.3 Å². The molecule has 1 aromatic carbocycles. The normalized spacial score (nSPS) is 16.8. The smallest absolute Gasteiger partial charge is 0.243 e. The average Bonchev–Trinajstić information content (AvgIpc) is 2.49. The van der Waals surface area contributed by atoms with Crippen LogP contribution in [0.15, 0.2) is 40.8 Å². The summed E-state index contributed by atoms with van der Waals surface area (Å²) in [5.74, 6) is 0. The molecule has 0 amide bonds. The maximum Gasteiger partial charge on any atom is 0.243 e. The van der Waals surface area contributed by atoms with Crippen molar-refractivity contribution >= 4 is 10.0 Å². The second-order valence-corrected chi connectivity index (χ2v) is 7.02. The number of hydrogen-bond donors (Lipinski definition) is 1. The maximum atomic E-state index is 12.7. The first kappa shape index (κ1) is 16.2. The number of hydrogen-bond acceptors (Lipinski definition) is 4. The van der Waals surface area contributed by atoms with E-state index >= 15 is 0 Å². The van der Waals surface area contributed by atoms with Gasteiger partial charge in [-0.3, -0.25) is 0 Å². The fourth-order valence-corrected chi connectivity index (χ4v) is 3.85. The van der Waals surface area contributed by atoms with Gasteiger partial charge in [-0.25, -0.2) is 8.42 Å². The summed E-state index contributed by atoms with van der Waals surface area (Å²) in [6.45, 7) is 2.15. The van der Waals surface area contributed by atoms with Crippen LogP contribution >= 0.6 is 0 Å². The zero-order chi connectivity index (χ0) is 15.3. The molecule has 21 heavy (non-hydrogen) atoms. The van der Waals surface area contributed by atoms with E-state index in [0.29, 0.717) is 31.1 Å². The van der Waals surface area contributed by atoms with Gasteiger partial charge in [-0.2, -0.15) is 4.31 Å². The summed E-state index contributed by atoms with van der Waals surface area (Å²) < 4.78 is 31.9. The van der Waals surface area contributed by atoms with E-state index in [2.05, 4.69) is 5.32 Å². The number of nitrogens with zero attached hydrogens (tertiary/aromatic N) is 1. The Balaban J connectivity index is 2.17. The molecule has 116 valence electrons. The largest absolute Gasteiger partial charge is 0.380 e. The van der Waals surface area contributed by atoms with Gasteiger partial charge in [0.2, 0.25) is 10.0 Å². The summed E-state index contributed by atoms with van der Waals surface area (Å²) in [6.07, 6.45) is 2.67. The van der Waals surface area contributed by atoms with Crippen LogP contribution in [0.4, 0.5) is 0 Å². The second-order valence-electron chi connectivity index (χ2n) is 5.09. The van der Waals surface area contributed by atoms with Crippen LogP contribution in [-0.4, -0.2) is 46.6 Å². The molecule has 1 aromatic rings. The Labute approximate surface area is 126 Å². The van der Waals surface area contributed by atoms with Crippen LogP contribution in [0.1, 0.15) is 12.0 Å². The monoisotopic (exact) mass is 310 g/mol. The zero-order valence-electron chi connectivity index (χ0n) is 12.5. The Bertz CT molecular complexity index is 611. The molecular weight excluding hydrogens is 288 g/mol. The van der Waals surface area contributed by atoms with Gasteiger partial charge in [0, 0.05) is 26.7 Å². The molecule has 0 spiro atoms. The average molecular weight is 310 g/mol. The number of ether oxygens (including phenoxy) is 1. The standard InChI is InChI=1S/C15H22N2O3S/c1-16-11-14-4-3-5-15(10-14)21(18,19)17-8-6-13(7-9-17)12-20-2/h3-6,10,16H,7-9,11-12H2,1-2H3. The van der Waals surface area contributed by atoms with Gasteiger partial charge >= 0.3 is 0 Å². The molecule has 5 nitrogen and oxygen atoms in total. The van der Waals surface area contributed by atoms with E-state index in [0.717, 1.165) is 17.6 Å². The highest BCUT2D eigenvalue weighted by Crippen LogP contribution is 2.21. The topological polar surface area (TPSA) is 58.6 Å². The van der Waals surface area contributed by atoms with Crippen LogP contribution in [0.25, 0.3) is 0 Å². The van der Waals surface area contributed by atoms with Crippen LogP contribution in [0.5, 0.6) is 0 Å². The first-order chi connectivity index (χ1) is 10.1. The van der Waals surface area contributed by atoms with Gasteiger partial charge in [0.1, 0.15) is 0 Å². The first-order valence-corrected chi connectivity index (χ1v) is 8.42. The molecule has 0 radical (unpaired) electrons. The molecule has 1 aliphatic heterocycles. The Kier molecular flexibility index (Phi) is 5.52. The minimum Gasteiger partial charge on any atom is -0.380 e. The number of nitrogens with one attached hydrogen (secondary N) is 1. The number of benzene rings is 1. The highest BCUT2D eigenvalue weighted by atomic mass is 32.2. The molecule has 1 heterocycles. The van der Waals surface area contributed by atoms with Gasteiger partial charge in [0.25, 0.3) is 0 Å². The van der Waals surface area contributed by atoms with Crippen molar-refractivity contribution < 1.29 is 13.2 Å². The second kappa shape index (κ2) is 7.17. The molecule has 0 unspecified atom stereocenters.